The first-order valence-corrected chi connectivity index (χ1v) is 6.80. The fourth-order valence-electron chi connectivity index (χ4n) is 2.17. The number of hydrogen-bond donors (Lipinski definition) is 0. The van der Waals surface area contributed by atoms with Gasteiger partial charge in [0, 0.05) is 12.8 Å². The third-order valence-electron chi connectivity index (χ3n) is 3.11. The molecule has 96 valence electrons. The molecule has 2 aromatic rings. The third kappa shape index (κ3) is 2.60. The summed E-state index contributed by atoms with van der Waals surface area (Å²) in [4.78, 5) is 6.61. The van der Waals surface area contributed by atoms with E-state index in [1.165, 1.54) is 5.56 Å². The molecule has 0 aromatic heterocycles. The van der Waals surface area contributed by atoms with Crippen molar-refractivity contribution in [3.63, 3.8) is 0 Å². The molecule has 2 aromatic carbocycles. The molecule has 3 rings (SSSR count). The van der Waals surface area contributed by atoms with Gasteiger partial charge in [0.1, 0.15) is 0 Å². The Kier molecular flexibility index (Phi) is 3.45. The summed E-state index contributed by atoms with van der Waals surface area (Å²) in [5.41, 5.74) is 3.16. The van der Waals surface area contributed by atoms with E-state index in [2.05, 4.69) is 22.0 Å². The van der Waals surface area contributed by atoms with Gasteiger partial charge in [0.25, 0.3) is 0 Å². The van der Waals surface area contributed by atoms with E-state index in [1.807, 2.05) is 36.5 Å². The second-order valence-electron chi connectivity index (χ2n) is 4.43. The van der Waals surface area contributed by atoms with Crippen molar-refractivity contribution in [2.45, 2.75) is 6.54 Å². The minimum atomic E-state index is 0.541. The van der Waals surface area contributed by atoms with Crippen molar-refractivity contribution in [2.75, 3.05) is 11.4 Å². The molecule has 2 nitrogen and oxygen atoms in total. The highest BCUT2D eigenvalue weighted by Crippen LogP contribution is 2.38. The Morgan fingerprint density at radius 3 is 2.58 bits per heavy atom. The molecule has 1 aliphatic rings. The Balaban J connectivity index is 1.94. The summed E-state index contributed by atoms with van der Waals surface area (Å²) in [6, 6.07) is 14.0. The lowest BCUT2D eigenvalue weighted by molar-refractivity contribution is 0.881. The molecule has 0 aliphatic carbocycles. The molecule has 0 saturated carbocycles. The summed E-state index contributed by atoms with van der Waals surface area (Å²) in [6.45, 7) is 1.61. The molecule has 4 heteroatoms. The maximum absolute atomic E-state index is 6.10. The van der Waals surface area contributed by atoms with Crippen LogP contribution in [0.3, 0.4) is 0 Å². The molecule has 0 saturated heterocycles. The molecule has 1 heterocycles. The monoisotopic (exact) mass is 290 g/mol. The largest absolute Gasteiger partial charge is 0.360 e. The van der Waals surface area contributed by atoms with Crippen molar-refractivity contribution in [2.24, 2.45) is 4.99 Å². The molecule has 0 amide bonds. The highest BCUT2D eigenvalue weighted by Gasteiger charge is 2.16. The lowest BCUT2D eigenvalue weighted by atomic mass is 10.1. The topological polar surface area (TPSA) is 15.6 Å². The van der Waals surface area contributed by atoms with Crippen LogP contribution in [-0.4, -0.2) is 12.8 Å². The van der Waals surface area contributed by atoms with Gasteiger partial charge in [-0.2, -0.15) is 0 Å². The van der Waals surface area contributed by atoms with Gasteiger partial charge in [0.05, 0.1) is 28.0 Å². The van der Waals surface area contributed by atoms with Gasteiger partial charge in [-0.05, 0) is 17.7 Å². The van der Waals surface area contributed by atoms with E-state index >= 15 is 0 Å². The minimum absolute atomic E-state index is 0.541. The number of fused-ring (bicyclic) bond motifs is 1. The SMILES string of the molecule is Clc1cc2c(cc1Cl)N(Cc1ccccc1)CC=N2. The Hall–Kier alpha value is -1.51. The zero-order valence-corrected chi connectivity index (χ0v) is 11.7. The van der Waals surface area contributed by atoms with Gasteiger partial charge in [-0.1, -0.05) is 53.5 Å². The molecule has 0 unspecified atom stereocenters. The molecule has 0 fully saturated rings. The first kappa shape index (κ1) is 12.5. The van der Waals surface area contributed by atoms with Crippen LogP contribution in [0.2, 0.25) is 10.0 Å². The average molecular weight is 291 g/mol. The Labute approximate surface area is 122 Å². The number of nitrogens with zero attached hydrogens (tertiary/aromatic N) is 2. The van der Waals surface area contributed by atoms with Crippen LogP contribution in [0.15, 0.2) is 47.5 Å². The fourth-order valence-corrected chi connectivity index (χ4v) is 2.49. The summed E-state index contributed by atoms with van der Waals surface area (Å²) in [6.07, 6.45) is 1.90. The van der Waals surface area contributed by atoms with Crippen LogP contribution in [0.25, 0.3) is 0 Å². The summed E-state index contributed by atoms with van der Waals surface area (Å²) in [7, 11) is 0. The maximum atomic E-state index is 6.10. The third-order valence-corrected chi connectivity index (χ3v) is 3.83. The molecule has 1 aliphatic heterocycles. The molecular formula is C15H12Cl2N2. The predicted molar refractivity (Wildman–Crippen MR) is 82.1 cm³/mol. The van der Waals surface area contributed by atoms with Crippen LogP contribution < -0.4 is 4.90 Å². The summed E-state index contributed by atoms with van der Waals surface area (Å²) in [5, 5.41) is 1.11. The number of halogens is 2. The average Bonchev–Trinajstić information content (AvgIpc) is 2.42. The number of rotatable bonds is 2. The second kappa shape index (κ2) is 5.24. The minimum Gasteiger partial charge on any atom is -0.360 e. The van der Waals surface area contributed by atoms with Crippen LogP contribution in [-0.2, 0) is 6.54 Å². The fraction of sp³-hybridized carbons (Fsp3) is 0.133. The summed E-state index contributed by atoms with van der Waals surface area (Å²) in [5.74, 6) is 0. The Morgan fingerprint density at radius 2 is 1.79 bits per heavy atom. The molecule has 0 bridgehead atoms. The van der Waals surface area contributed by atoms with E-state index < -0.39 is 0 Å². The van der Waals surface area contributed by atoms with Gasteiger partial charge in [0.2, 0.25) is 0 Å². The van der Waals surface area contributed by atoms with Gasteiger partial charge in [-0.15, -0.1) is 0 Å². The second-order valence-corrected chi connectivity index (χ2v) is 5.25. The van der Waals surface area contributed by atoms with Crippen molar-refractivity contribution in [3.05, 3.63) is 58.1 Å². The first-order valence-electron chi connectivity index (χ1n) is 6.04. The summed E-state index contributed by atoms with van der Waals surface area (Å²) < 4.78 is 0. The molecular weight excluding hydrogens is 279 g/mol. The standard InChI is InChI=1S/C15H12Cl2N2/c16-12-8-14-15(9-13(12)17)19(7-6-18-14)10-11-4-2-1-3-5-11/h1-6,8-9H,7,10H2. The number of benzene rings is 2. The van der Waals surface area contributed by atoms with Crippen LogP contribution in [0.4, 0.5) is 11.4 Å². The van der Waals surface area contributed by atoms with Crippen molar-refractivity contribution < 1.29 is 0 Å². The lowest BCUT2D eigenvalue weighted by Crippen LogP contribution is -2.26. The van der Waals surface area contributed by atoms with Crippen LogP contribution in [0.5, 0.6) is 0 Å². The zero-order chi connectivity index (χ0) is 13.2. The van der Waals surface area contributed by atoms with E-state index in [4.69, 9.17) is 23.2 Å². The van der Waals surface area contributed by atoms with Crippen molar-refractivity contribution in [1.29, 1.82) is 0 Å². The van der Waals surface area contributed by atoms with Gasteiger partial charge >= 0.3 is 0 Å². The number of hydrogen-bond acceptors (Lipinski definition) is 2. The quantitative estimate of drug-likeness (QED) is 0.782. The zero-order valence-electron chi connectivity index (χ0n) is 10.2. The van der Waals surface area contributed by atoms with Crippen molar-refractivity contribution >= 4 is 40.8 Å². The normalized spacial score (nSPS) is 13.5. The molecule has 0 atom stereocenters. The maximum Gasteiger partial charge on any atom is 0.0876 e. The molecule has 19 heavy (non-hydrogen) atoms. The molecule has 0 spiro atoms. The van der Waals surface area contributed by atoms with Gasteiger partial charge in [0.15, 0.2) is 0 Å². The van der Waals surface area contributed by atoms with Gasteiger partial charge in [-0.3, -0.25) is 4.99 Å². The highest BCUT2D eigenvalue weighted by atomic mass is 35.5. The van der Waals surface area contributed by atoms with Gasteiger partial charge < -0.3 is 4.90 Å². The highest BCUT2D eigenvalue weighted by molar-refractivity contribution is 6.42. The van der Waals surface area contributed by atoms with Crippen molar-refractivity contribution in [1.82, 2.24) is 0 Å². The lowest BCUT2D eigenvalue weighted by Gasteiger charge is -2.27. The Morgan fingerprint density at radius 1 is 1.05 bits per heavy atom. The van der Waals surface area contributed by atoms with Crippen LogP contribution >= 0.6 is 23.2 Å². The van der Waals surface area contributed by atoms with E-state index in [9.17, 15) is 0 Å². The predicted octanol–water partition coefficient (Wildman–Crippen LogP) is 4.72. The van der Waals surface area contributed by atoms with E-state index in [-0.39, 0.29) is 0 Å². The smallest absolute Gasteiger partial charge is 0.0876 e. The van der Waals surface area contributed by atoms with Crippen LogP contribution in [0, 0.1) is 0 Å². The van der Waals surface area contributed by atoms with E-state index in [1.54, 1.807) is 0 Å². The first-order chi connectivity index (χ1) is 9.24. The van der Waals surface area contributed by atoms with Crippen LogP contribution in [0.1, 0.15) is 5.56 Å². The summed E-state index contributed by atoms with van der Waals surface area (Å²) >= 11 is 12.1. The van der Waals surface area contributed by atoms with Crippen molar-refractivity contribution in [3.8, 4) is 0 Å². The van der Waals surface area contributed by atoms with Gasteiger partial charge in [-0.25, -0.2) is 0 Å². The number of aliphatic imine (C=N–C) groups is 1. The molecule has 0 radical (unpaired) electrons. The van der Waals surface area contributed by atoms with E-state index in [0.717, 1.165) is 24.5 Å². The molecule has 0 N–H and O–H groups in total. The van der Waals surface area contributed by atoms with E-state index in [0.29, 0.717) is 10.0 Å². The Bertz CT molecular complexity index is 624. The number of anilines is 1.